The van der Waals surface area contributed by atoms with Gasteiger partial charge < -0.3 is 9.84 Å². The van der Waals surface area contributed by atoms with Crippen LogP contribution in [0.25, 0.3) is 0 Å². The van der Waals surface area contributed by atoms with Gasteiger partial charge in [0, 0.05) is 18.7 Å². The highest BCUT2D eigenvalue weighted by atomic mass is 32.2. The van der Waals surface area contributed by atoms with Gasteiger partial charge in [-0.05, 0) is 0 Å². The number of hydrogen-bond acceptors (Lipinski definition) is 6. The highest BCUT2D eigenvalue weighted by Gasteiger charge is 2.41. The summed E-state index contributed by atoms with van der Waals surface area (Å²) in [7, 11) is 0. The van der Waals surface area contributed by atoms with E-state index in [0.29, 0.717) is 0 Å². The van der Waals surface area contributed by atoms with Crippen LogP contribution in [-0.4, -0.2) is 40.7 Å². The number of aliphatic hydroxyl groups excluding tert-OH is 1. The Labute approximate surface area is 108 Å². The molecule has 2 rings (SSSR count). The van der Waals surface area contributed by atoms with Crippen LogP contribution in [0.5, 0.6) is 0 Å². The molecule has 0 aliphatic carbocycles. The van der Waals surface area contributed by atoms with Gasteiger partial charge in [-0.1, -0.05) is 0 Å². The van der Waals surface area contributed by atoms with Crippen LogP contribution in [-0.2, 0) is 20.6 Å². The summed E-state index contributed by atoms with van der Waals surface area (Å²) in [6, 6.07) is 1.08. The van der Waals surface area contributed by atoms with Crippen molar-refractivity contribution in [3.05, 3.63) is 33.1 Å². The van der Waals surface area contributed by atoms with Crippen LogP contribution in [0.1, 0.15) is 12.6 Å². The van der Waals surface area contributed by atoms with Crippen LogP contribution in [0.3, 0.4) is 0 Å². The fourth-order valence-electron chi connectivity index (χ4n) is 1.79. The summed E-state index contributed by atoms with van der Waals surface area (Å²) in [5.41, 5.74) is -1.35. The highest BCUT2D eigenvalue weighted by molar-refractivity contribution is 7.95. The van der Waals surface area contributed by atoms with Crippen molar-refractivity contribution in [3.63, 3.8) is 0 Å². The lowest BCUT2D eigenvalue weighted by atomic mass is 10.2. The molecular formula is C9H10N2O7S. The lowest BCUT2D eigenvalue weighted by Gasteiger charge is -2.13. The Morgan fingerprint density at radius 2 is 2.21 bits per heavy atom. The Balaban J connectivity index is 2.26. The van der Waals surface area contributed by atoms with Crippen LogP contribution < -0.4 is 11.2 Å². The molecule has 19 heavy (non-hydrogen) atoms. The average Bonchev–Trinajstić information content (AvgIpc) is 2.69. The quantitative estimate of drug-likeness (QED) is 0.532. The first-order valence-electron chi connectivity index (χ1n) is 5.20. The average molecular weight is 290 g/mol. The van der Waals surface area contributed by atoms with E-state index in [9.17, 15) is 23.7 Å². The third-order valence-electron chi connectivity index (χ3n) is 2.66. The Hall–Kier alpha value is -1.62. The van der Waals surface area contributed by atoms with E-state index < -0.39 is 45.9 Å². The molecule has 1 unspecified atom stereocenters. The lowest BCUT2D eigenvalue weighted by molar-refractivity contribution is -0.127. The number of rotatable bonds is 2. The number of nitrogens with one attached hydrogen (secondary N) is 1. The molecule has 0 amide bonds. The number of nitrogens with zero attached hydrogens (tertiary/aromatic N) is 1. The Bertz CT molecular complexity index is 636. The van der Waals surface area contributed by atoms with Gasteiger partial charge in [-0.2, -0.15) is 0 Å². The fraction of sp³-hybridized carbons (Fsp3) is 0.444. The van der Waals surface area contributed by atoms with E-state index in [0.717, 1.165) is 16.8 Å². The van der Waals surface area contributed by atoms with Crippen molar-refractivity contribution in [2.45, 2.75) is 24.9 Å². The van der Waals surface area contributed by atoms with Crippen LogP contribution in [0.4, 0.5) is 0 Å². The van der Waals surface area contributed by atoms with Crippen molar-refractivity contribution in [1.29, 1.82) is 0 Å². The maximum absolute atomic E-state index is 11.5. The van der Waals surface area contributed by atoms with Gasteiger partial charge in [-0.25, -0.2) is 9.00 Å². The van der Waals surface area contributed by atoms with E-state index in [-0.39, 0.29) is 6.42 Å². The predicted molar refractivity (Wildman–Crippen MR) is 61.6 cm³/mol. The number of ether oxygens (including phenoxy) is 1. The number of carbonyl (C=O) groups is 1. The molecule has 0 spiro atoms. The van der Waals surface area contributed by atoms with E-state index in [1.807, 2.05) is 4.98 Å². The molecule has 0 aromatic carbocycles. The van der Waals surface area contributed by atoms with Gasteiger partial charge >= 0.3 is 5.69 Å². The molecule has 0 saturated carbocycles. The topological polar surface area (TPSA) is 139 Å². The summed E-state index contributed by atoms with van der Waals surface area (Å²) >= 11 is -2.77. The third-order valence-corrected chi connectivity index (χ3v) is 3.24. The molecule has 1 aromatic rings. The highest BCUT2D eigenvalue weighted by Crippen LogP contribution is 2.28. The first-order valence-corrected chi connectivity index (χ1v) is 6.30. The smallest absolute Gasteiger partial charge is 0.330 e. The Morgan fingerprint density at radius 3 is 2.79 bits per heavy atom. The fourth-order valence-corrected chi connectivity index (χ4v) is 2.20. The normalized spacial score (nSPS) is 28.2. The van der Waals surface area contributed by atoms with Gasteiger partial charge in [0.1, 0.15) is 6.23 Å². The first-order chi connectivity index (χ1) is 8.90. The number of aromatic nitrogens is 2. The standard InChI is InChI=1S/C9H10N2O7S/c12-4-3-6(18-7(4)8(14)19(16)17)11-2-1-5(13)10-9(11)15/h1-2,4,6-7,12H,3H2,(H,16,17)(H,10,13,15)/t4-,6+,7-/m0/s1. The summed E-state index contributed by atoms with van der Waals surface area (Å²) in [6.45, 7) is 0. The van der Waals surface area contributed by atoms with Gasteiger partial charge in [-0.15, -0.1) is 0 Å². The lowest BCUT2D eigenvalue weighted by Crippen LogP contribution is -2.34. The summed E-state index contributed by atoms with van der Waals surface area (Å²) in [6.07, 6.45) is -2.72. The molecule has 104 valence electrons. The molecular weight excluding hydrogens is 280 g/mol. The summed E-state index contributed by atoms with van der Waals surface area (Å²) in [5.74, 6) is 0. The number of H-pyrrole nitrogens is 1. The zero-order valence-corrected chi connectivity index (χ0v) is 10.2. The Morgan fingerprint density at radius 1 is 1.53 bits per heavy atom. The minimum Gasteiger partial charge on any atom is -0.390 e. The van der Waals surface area contributed by atoms with E-state index >= 15 is 0 Å². The monoisotopic (exact) mass is 290 g/mol. The SMILES string of the molecule is O=C([C@H]1O[C@@H](n2ccc(=O)[nH]c2=O)C[C@@H]1O)S(=O)O. The van der Waals surface area contributed by atoms with Gasteiger partial charge in [0.25, 0.3) is 10.7 Å². The molecule has 4 atom stereocenters. The van der Waals surface area contributed by atoms with Gasteiger partial charge in [0.05, 0.1) is 6.10 Å². The maximum Gasteiger partial charge on any atom is 0.330 e. The van der Waals surface area contributed by atoms with Crippen LogP contribution in [0, 0.1) is 0 Å². The maximum atomic E-state index is 11.5. The molecule has 1 aliphatic heterocycles. The molecule has 1 fully saturated rings. The molecule has 1 aromatic heterocycles. The van der Waals surface area contributed by atoms with Crippen molar-refractivity contribution in [1.82, 2.24) is 9.55 Å². The molecule has 1 aliphatic rings. The molecule has 0 radical (unpaired) electrons. The van der Waals surface area contributed by atoms with E-state index in [1.165, 1.54) is 0 Å². The number of aliphatic hydroxyl groups is 1. The first kappa shape index (κ1) is 13.8. The van der Waals surface area contributed by atoms with Crippen LogP contribution in [0.15, 0.2) is 21.9 Å². The van der Waals surface area contributed by atoms with E-state index in [2.05, 4.69) is 0 Å². The molecule has 9 nitrogen and oxygen atoms in total. The second-order valence-electron chi connectivity index (χ2n) is 3.90. The molecule has 0 bridgehead atoms. The van der Waals surface area contributed by atoms with Gasteiger partial charge in [0.2, 0.25) is 11.1 Å². The van der Waals surface area contributed by atoms with E-state index in [1.54, 1.807) is 0 Å². The minimum atomic E-state index is -2.77. The number of aromatic amines is 1. The summed E-state index contributed by atoms with van der Waals surface area (Å²) in [4.78, 5) is 35.7. The predicted octanol–water partition coefficient (Wildman–Crippen LogP) is -2.07. The van der Waals surface area contributed by atoms with Crippen molar-refractivity contribution in [2.24, 2.45) is 0 Å². The molecule has 2 heterocycles. The van der Waals surface area contributed by atoms with E-state index in [4.69, 9.17) is 9.29 Å². The second kappa shape index (κ2) is 5.17. The zero-order valence-electron chi connectivity index (χ0n) is 9.38. The molecule has 1 saturated heterocycles. The van der Waals surface area contributed by atoms with Crippen molar-refractivity contribution >= 4 is 16.2 Å². The van der Waals surface area contributed by atoms with Crippen LogP contribution in [0.2, 0.25) is 0 Å². The Kier molecular flexibility index (Phi) is 3.75. The second-order valence-corrected chi connectivity index (χ2v) is 4.80. The number of carbonyl (C=O) groups excluding carboxylic acids is 1. The zero-order chi connectivity index (χ0) is 14.2. The minimum absolute atomic E-state index is 0.112. The summed E-state index contributed by atoms with van der Waals surface area (Å²) in [5, 5.41) is 8.43. The largest absolute Gasteiger partial charge is 0.390 e. The van der Waals surface area contributed by atoms with Crippen molar-refractivity contribution in [2.75, 3.05) is 0 Å². The number of hydrogen-bond donors (Lipinski definition) is 3. The molecule has 3 N–H and O–H groups in total. The van der Waals surface area contributed by atoms with Crippen LogP contribution >= 0.6 is 0 Å². The van der Waals surface area contributed by atoms with Crippen molar-refractivity contribution in [3.8, 4) is 0 Å². The van der Waals surface area contributed by atoms with Crippen molar-refractivity contribution < 1.29 is 23.4 Å². The summed E-state index contributed by atoms with van der Waals surface area (Å²) < 4.78 is 25.4. The van der Waals surface area contributed by atoms with Gasteiger partial charge in [-0.3, -0.25) is 23.7 Å². The third kappa shape index (κ3) is 2.71. The van der Waals surface area contributed by atoms with Gasteiger partial charge in [0.15, 0.2) is 6.10 Å². The molecule has 10 heteroatoms.